The zero-order valence-electron chi connectivity index (χ0n) is 10.6. The van der Waals surface area contributed by atoms with Crippen molar-refractivity contribution < 1.29 is 9.90 Å². The van der Waals surface area contributed by atoms with Gasteiger partial charge in [0.2, 0.25) is 0 Å². The van der Waals surface area contributed by atoms with Crippen molar-refractivity contribution in [1.82, 2.24) is 4.98 Å². The molecule has 0 saturated heterocycles. The van der Waals surface area contributed by atoms with E-state index in [4.69, 9.17) is 11.6 Å². The number of rotatable bonds is 3. The van der Waals surface area contributed by atoms with Gasteiger partial charge in [-0.2, -0.15) is 0 Å². The van der Waals surface area contributed by atoms with Crippen LogP contribution in [0.25, 0.3) is 0 Å². The molecule has 1 aliphatic carbocycles. The first-order valence-corrected chi connectivity index (χ1v) is 7.61. The molecule has 2 N–H and O–H groups in total. The lowest BCUT2D eigenvalue weighted by molar-refractivity contribution is 0.0698. The van der Waals surface area contributed by atoms with E-state index in [1.807, 2.05) is 0 Å². The Kier molecular flexibility index (Phi) is 3.63. The molecule has 0 radical (unpaired) electrons. The minimum atomic E-state index is -1.00. The molecule has 0 spiro atoms. The molecule has 3 rings (SSSR count). The molecule has 0 unspecified atom stereocenters. The van der Waals surface area contributed by atoms with E-state index in [1.54, 1.807) is 23.5 Å². The Labute approximate surface area is 125 Å². The molecule has 20 heavy (non-hydrogen) atoms. The van der Waals surface area contributed by atoms with E-state index in [0.717, 1.165) is 23.7 Å². The number of halogens is 1. The van der Waals surface area contributed by atoms with Gasteiger partial charge in [-0.1, -0.05) is 11.6 Å². The van der Waals surface area contributed by atoms with Gasteiger partial charge in [-0.3, -0.25) is 0 Å². The summed E-state index contributed by atoms with van der Waals surface area (Å²) in [6, 6.07) is 4.79. The maximum absolute atomic E-state index is 11.2. The molecular weight excluding hydrogens is 296 g/mol. The number of anilines is 2. The van der Waals surface area contributed by atoms with Gasteiger partial charge in [0, 0.05) is 9.90 Å². The number of nitrogens with one attached hydrogen (secondary N) is 1. The summed E-state index contributed by atoms with van der Waals surface area (Å²) in [5.74, 6) is -1.00. The number of hydrogen-bond acceptors (Lipinski definition) is 4. The minimum absolute atomic E-state index is 0.158. The van der Waals surface area contributed by atoms with Crippen LogP contribution in [-0.4, -0.2) is 16.1 Å². The molecule has 1 heterocycles. The third-order valence-electron chi connectivity index (χ3n) is 3.30. The van der Waals surface area contributed by atoms with Crippen LogP contribution in [0.4, 0.5) is 10.8 Å². The molecule has 1 aromatic carbocycles. The van der Waals surface area contributed by atoms with Crippen molar-refractivity contribution in [3.8, 4) is 0 Å². The van der Waals surface area contributed by atoms with Gasteiger partial charge in [0.1, 0.15) is 0 Å². The van der Waals surface area contributed by atoms with E-state index in [2.05, 4.69) is 10.3 Å². The summed E-state index contributed by atoms with van der Waals surface area (Å²) < 4.78 is 0. The molecule has 104 valence electrons. The number of aryl methyl sites for hydroxylation is 2. The summed E-state index contributed by atoms with van der Waals surface area (Å²) >= 11 is 7.45. The van der Waals surface area contributed by atoms with Gasteiger partial charge in [0.15, 0.2) is 5.13 Å². The molecule has 1 aliphatic rings. The van der Waals surface area contributed by atoms with Crippen molar-refractivity contribution in [3.05, 3.63) is 39.4 Å². The third kappa shape index (κ3) is 2.64. The van der Waals surface area contributed by atoms with E-state index < -0.39 is 5.97 Å². The Bertz CT molecular complexity index is 646. The number of carboxylic acid groups (broad SMARTS) is 1. The van der Waals surface area contributed by atoms with Gasteiger partial charge in [-0.15, -0.1) is 11.3 Å². The molecule has 0 amide bonds. The van der Waals surface area contributed by atoms with Crippen LogP contribution in [0.1, 0.15) is 33.8 Å². The van der Waals surface area contributed by atoms with Crippen LogP contribution in [0.5, 0.6) is 0 Å². The standard InChI is InChI=1S/C14H13ClN2O2S/c15-8-5-6-10(9(7-8)13(18)19)16-14-17-11-3-1-2-4-12(11)20-14/h5-7H,1-4H2,(H,16,17)(H,18,19). The lowest BCUT2D eigenvalue weighted by Crippen LogP contribution is -2.02. The second kappa shape index (κ2) is 5.42. The van der Waals surface area contributed by atoms with Crippen LogP contribution in [-0.2, 0) is 12.8 Å². The number of hydrogen-bond donors (Lipinski definition) is 2. The van der Waals surface area contributed by atoms with Crippen molar-refractivity contribution in [2.75, 3.05) is 5.32 Å². The first kappa shape index (κ1) is 13.4. The Morgan fingerprint density at radius 1 is 1.35 bits per heavy atom. The Hall–Kier alpha value is -1.59. The predicted molar refractivity (Wildman–Crippen MR) is 80.5 cm³/mol. The van der Waals surface area contributed by atoms with Gasteiger partial charge < -0.3 is 10.4 Å². The lowest BCUT2D eigenvalue weighted by atomic mass is 10.0. The molecule has 4 nitrogen and oxygen atoms in total. The first-order chi connectivity index (χ1) is 9.63. The monoisotopic (exact) mass is 308 g/mol. The highest BCUT2D eigenvalue weighted by molar-refractivity contribution is 7.15. The zero-order valence-corrected chi connectivity index (χ0v) is 12.2. The molecular formula is C14H13ClN2O2S. The number of thiazole rings is 1. The smallest absolute Gasteiger partial charge is 0.337 e. The van der Waals surface area contributed by atoms with Gasteiger partial charge in [0.25, 0.3) is 0 Å². The average Bonchev–Trinajstić information content (AvgIpc) is 2.82. The largest absolute Gasteiger partial charge is 0.478 e. The molecule has 0 aliphatic heterocycles. The van der Waals surface area contributed by atoms with Gasteiger partial charge >= 0.3 is 5.97 Å². The van der Waals surface area contributed by atoms with E-state index >= 15 is 0 Å². The fourth-order valence-electron chi connectivity index (χ4n) is 2.32. The Morgan fingerprint density at radius 2 is 2.15 bits per heavy atom. The molecule has 0 bridgehead atoms. The fourth-order valence-corrected chi connectivity index (χ4v) is 3.56. The first-order valence-electron chi connectivity index (χ1n) is 6.42. The molecule has 0 atom stereocenters. The van der Waals surface area contributed by atoms with Gasteiger partial charge in [-0.25, -0.2) is 9.78 Å². The zero-order chi connectivity index (χ0) is 14.1. The number of aromatic carboxylic acids is 1. The normalized spacial score (nSPS) is 13.8. The number of aromatic nitrogens is 1. The van der Waals surface area contributed by atoms with E-state index in [-0.39, 0.29) is 5.56 Å². The van der Waals surface area contributed by atoms with Crippen molar-refractivity contribution in [2.45, 2.75) is 25.7 Å². The Balaban J connectivity index is 1.91. The Morgan fingerprint density at radius 3 is 2.90 bits per heavy atom. The number of carboxylic acids is 1. The number of benzene rings is 1. The minimum Gasteiger partial charge on any atom is -0.478 e. The highest BCUT2D eigenvalue weighted by Crippen LogP contribution is 2.32. The fraction of sp³-hybridized carbons (Fsp3) is 0.286. The van der Waals surface area contributed by atoms with E-state index in [9.17, 15) is 9.90 Å². The summed E-state index contributed by atoms with van der Waals surface area (Å²) in [4.78, 5) is 17.1. The maximum atomic E-state index is 11.2. The van der Waals surface area contributed by atoms with Crippen LogP contribution in [0.15, 0.2) is 18.2 Å². The van der Waals surface area contributed by atoms with Crippen molar-refractivity contribution in [2.24, 2.45) is 0 Å². The SMILES string of the molecule is O=C(O)c1cc(Cl)ccc1Nc1nc2c(s1)CCCC2. The summed E-state index contributed by atoms with van der Waals surface area (Å²) in [5, 5.41) is 13.5. The number of nitrogens with zero attached hydrogens (tertiary/aromatic N) is 1. The van der Waals surface area contributed by atoms with Crippen molar-refractivity contribution >= 4 is 39.7 Å². The average molecular weight is 309 g/mol. The molecule has 0 saturated carbocycles. The van der Waals surface area contributed by atoms with Crippen LogP contribution in [0.3, 0.4) is 0 Å². The second-order valence-electron chi connectivity index (χ2n) is 4.72. The van der Waals surface area contributed by atoms with E-state index in [0.29, 0.717) is 10.7 Å². The number of carbonyl (C=O) groups is 1. The van der Waals surface area contributed by atoms with Crippen LogP contribution < -0.4 is 5.32 Å². The van der Waals surface area contributed by atoms with Gasteiger partial charge in [0.05, 0.1) is 16.9 Å². The topological polar surface area (TPSA) is 62.2 Å². The molecule has 2 aromatic rings. The number of fused-ring (bicyclic) bond motifs is 1. The van der Waals surface area contributed by atoms with Crippen LogP contribution in [0.2, 0.25) is 5.02 Å². The van der Waals surface area contributed by atoms with Gasteiger partial charge in [-0.05, 0) is 43.9 Å². The highest BCUT2D eigenvalue weighted by Gasteiger charge is 2.17. The van der Waals surface area contributed by atoms with Crippen molar-refractivity contribution in [1.29, 1.82) is 0 Å². The summed E-state index contributed by atoms with van der Waals surface area (Å²) in [7, 11) is 0. The molecule has 1 aromatic heterocycles. The third-order valence-corrected chi connectivity index (χ3v) is 4.61. The summed E-state index contributed by atoms with van der Waals surface area (Å²) in [6.07, 6.45) is 4.47. The predicted octanol–water partition coefficient (Wildman–Crippen LogP) is 4.12. The quantitative estimate of drug-likeness (QED) is 0.895. The molecule has 6 heteroatoms. The molecule has 0 fully saturated rings. The highest BCUT2D eigenvalue weighted by atomic mass is 35.5. The maximum Gasteiger partial charge on any atom is 0.337 e. The summed E-state index contributed by atoms with van der Waals surface area (Å²) in [5.41, 5.74) is 1.83. The van der Waals surface area contributed by atoms with Crippen LogP contribution >= 0.6 is 22.9 Å². The van der Waals surface area contributed by atoms with E-state index in [1.165, 1.54) is 23.8 Å². The lowest BCUT2D eigenvalue weighted by Gasteiger charge is -2.07. The van der Waals surface area contributed by atoms with Crippen molar-refractivity contribution in [3.63, 3.8) is 0 Å². The second-order valence-corrected chi connectivity index (χ2v) is 6.24. The summed E-state index contributed by atoms with van der Waals surface area (Å²) in [6.45, 7) is 0. The van der Waals surface area contributed by atoms with Crippen LogP contribution in [0, 0.1) is 0 Å².